The third-order valence-electron chi connectivity index (χ3n) is 4.77. The van der Waals surface area contributed by atoms with Crippen LogP contribution in [-0.2, 0) is 13.0 Å². The van der Waals surface area contributed by atoms with Crippen LogP contribution in [0.2, 0.25) is 5.02 Å². The molecule has 0 spiro atoms. The van der Waals surface area contributed by atoms with Gasteiger partial charge in [0.05, 0.1) is 27.6 Å². The van der Waals surface area contributed by atoms with E-state index in [-0.39, 0.29) is 11.6 Å². The van der Waals surface area contributed by atoms with Gasteiger partial charge in [-0.15, -0.1) is 0 Å². The van der Waals surface area contributed by atoms with Crippen LogP contribution in [0.3, 0.4) is 0 Å². The topological polar surface area (TPSA) is 64.2 Å². The molecule has 0 saturated heterocycles. The number of benzene rings is 1. The van der Waals surface area contributed by atoms with Crippen molar-refractivity contribution >= 4 is 28.7 Å². The molecule has 0 fully saturated rings. The van der Waals surface area contributed by atoms with Gasteiger partial charge in [0.15, 0.2) is 5.69 Å². The molecular formula is C21H20ClN5O. The molecule has 28 heavy (non-hydrogen) atoms. The molecule has 1 N–H and O–H groups in total. The number of anilines is 1. The highest BCUT2D eigenvalue weighted by atomic mass is 35.5. The molecule has 0 atom stereocenters. The molecule has 0 saturated carbocycles. The lowest BCUT2D eigenvalue weighted by Crippen LogP contribution is -2.14. The first kappa shape index (κ1) is 18.3. The highest BCUT2D eigenvalue weighted by Gasteiger charge is 2.21. The third-order valence-corrected chi connectivity index (χ3v) is 5.14. The average molecular weight is 394 g/mol. The number of hydrogen-bond acceptors (Lipinski definition) is 3. The predicted octanol–water partition coefficient (Wildman–Crippen LogP) is 4.30. The second kappa shape index (κ2) is 7.48. The maximum absolute atomic E-state index is 12.8. The quantitative estimate of drug-likeness (QED) is 0.550. The van der Waals surface area contributed by atoms with E-state index in [2.05, 4.69) is 27.6 Å². The van der Waals surface area contributed by atoms with Gasteiger partial charge < -0.3 is 5.32 Å². The number of halogens is 1. The van der Waals surface area contributed by atoms with E-state index in [1.165, 1.54) is 5.56 Å². The van der Waals surface area contributed by atoms with Crippen molar-refractivity contribution < 1.29 is 4.79 Å². The molecule has 4 aromatic rings. The van der Waals surface area contributed by atoms with E-state index in [0.717, 1.165) is 24.4 Å². The number of rotatable bonds is 5. The van der Waals surface area contributed by atoms with E-state index >= 15 is 0 Å². The summed E-state index contributed by atoms with van der Waals surface area (Å²) in [6, 6.07) is 15.8. The van der Waals surface area contributed by atoms with Gasteiger partial charge in [0.1, 0.15) is 0 Å². The van der Waals surface area contributed by atoms with Gasteiger partial charge >= 0.3 is 0 Å². The lowest BCUT2D eigenvalue weighted by Gasteiger charge is -2.07. The third kappa shape index (κ3) is 3.39. The van der Waals surface area contributed by atoms with Crippen LogP contribution in [0.15, 0.2) is 54.7 Å². The van der Waals surface area contributed by atoms with Gasteiger partial charge in [-0.2, -0.15) is 10.2 Å². The van der Waals surface area contributed by atoms with Gasteiger partial charge in [0, 0.05) is 12.7 Å². The maximum Gasteiger partial charge on any atom is 0.277 e. The van der Waals surface area contributed by atoms with Gasteiger partial charge in [-0.3, -0.25) is 9.48 Å². The summed E-state index contributed by atoms with van der Waals surface area (Å²) in [5, 5.41) is 12.1. The first-order valence-corrected chi connectivity index (χ1v) is 9.44. The van der Waals surface area contributed by atoms with E-state index in [9.17, 15) is 4.79 Å². The van der Waals surface area contributed by atoms with Crippen LogP contribution >= 0.6 is 11.6 Å². The second-order valence-electron chi connectivity index (χ2n) is 6.65. The van der Waals surface area contributed by atoms with E-state index in [0.29, 0.717) is 16.2 Å². The number of fused-ring (bicyclic) bond motifs is 1. The van der Waals surface area contributed by atoms with Crippen molar-refractivity contribution in [3.63, 3.8) is 0 Å². The van der Waals surface area contributed by atoms with E-state index in [4.69, 9.17) is 11.6 Å². The van der Waals surface area contributed by atoms with Crippen molar-refractivity contribution in [1.82, 2.24) is 19.4 Å². The Bertz CT molecular complexity index is 1150. The van der Waals surface area contributed by atoms with Gasteiger partial charge in [0.2, 0.25) is 0 Å². The lowest BCUT2D eigenvalue weighted by molar-refractivity contribution is 0.102. The van der Waals surface area contributed by atoms with Crippen molar-refractivity contribution in [3.05, 3.63) is 82.4 Å². The summed E-state index contributed by atoms with van der Waals surface area (Å²) >= 11 is 6.36. The van der Waals surface area contributed by atoms with Crippen molar-refractivity contribution in [2.75, 3.05) is 5.32 Å². The number of amides is 1. The van der Waals surface area contributed by atoms with Crippen molar-refractivity contribution in [2.24, 2.45) is 0 Å². The Morgan fingerprint density at radius 1 is 1.07 bits per heavy atom. The van der Waals surface area contributed by atoms with Gasteiger partial charge in [-0.05, 0) is 38.0 Å². The number of nitrogens with zero attached hydrogens (tertiary/aromatic N) is 4. The molecule has 6 nitrogen and oxygen atoms in total. The summed E-state index contributed by atoms with van der Waals surface area (Å²) in [5.74, 6) is -0.345. The zero-order valence-electron chi connectivity index (χ0n) is 15.7. The molecule has 1 aromatic carbocycles. The van der Waals surface area contributed by atoms with Crippen LogP contribution in [0.5, 0.6) is 0 Å². The number of aromatic nitrogens is 4. The highest BCUT2D eigenvalue weighted by molar-refractivity contribution is 6.37. The van der Waals surface area contributed by atoms with Gasteiger partial charge in [0.25, 0.3) is 5.91 Å². The summed E-state index contributed by atoms with van der Waals surface area (Å²) in [4.78, 5) is 12.8. The first-order chi connectivity index (χ1) is 13.5. The molecule has 3 aromatic heterocycles. The monoisotopic (exact) mass is 393 g/mol. The lowest BCUT2D eigenvalue weighted by atomic mass is 10.1. The minimum Gasteiger partial charge on any atom is -0.317 e. The second-order valence-corrected chi connectivity index (χ2v) is 7.03. The summed E-state index contributed by atoms with van der Waals surface area (Å²) in [6.07, 6.45) is 2.63. The largest absolute Gasteiger partial charge is 0.317 e. The summed E-state index contributed by atoms with van der Waals surface area (Å²) in [5.41, 5.74) is 4.51. The van der Waals surface area contributed by atoms with E-state index in [1.54, 1.807) is 10.7 Å². The maximum atomic E-state index is 12.8. The molecule has 1 amide bonds. The SMILES string of the molecule is Cc1nn(CCc2ccccc2)c(C)c1NC(=O)c1nn2ccccc2c1Cl. The molecular weight excluding hydrogens is 374 g/mol. The zero-order valence-corrected chi connectivity index (χ0v) is 16.4. The van der Waals surface area contributed by atoms with Crippen LogP contribution in [0.4, 0.5) is 5.69 Å². The van der Waals surface area contributed by atoms with Crippen molar-refractivity contribution in [3.8, 4) is 0 Å². The van der Waals surface area contributed by atoms with Gasteiger partial charge in [-0.1, -0.05) is 48.0 Å². The molecule has 0 aliphatic rings. The first-order valence-electron chi connectivity index (χ1n) is 9.06. The fourth-order valence-electron chi connectivity index (χ4n) is 3.26. The molecule has 3 heterocycles. The molecule has 7 heteroatoms. The molecule has 142 valence electrons. The van der Waals surface area contributed by atoms with Crippen LogP contribution in [0, 0.1) is 13.8 Å². The normalized spacial score (nSPS) is 11.1. The van der Waals surface area contributed by atoms with Crippen LogP contribution in [-0.4, -0.2) is 25.3 Å². The number of carbonyl (C=O) groups excluding carboxylic acids is 1. The van der Waals surface area contributed by atoms with Crippen molar-refractivity contribution in [1.29, 1.82) is 0 Å². The summed E-state index contributed by atoms with van der Waals surface area (Å²) in [6.45, 7) is 4.57. The Labute approximate surface area is 167 Å². The number of aryl methyl sites for hydroxylation is 3. The van der Waals surface area contributed by atoms with Crippen LogP contribution < -0.4 is 5.32 Å². The number of hydrogen-bond donors (Lipinski definition) is 1. The van der Waals surface area contributed by atoms with E-state index in [1.807, 2.05) is 54.9 Å². The fraction of sp³-hybridized carbons (Fsp3) is 0.190. The minimum absolute atomic E-state index is 0.198. The van der Waals surface area contributed by atoms with Crippen LogP contribution in [0.1, 0.15) is 27.4 Å². The molecule has 0 unspecified atom stereocenters. The zero-order chi connectivity index (χ0) is 19.7. The van der Waals surface area contributed by atoms with E-state index < -0.39 is 0 Å². The number of pyridine rings is 1. The predicted molar refractivity (Wildman–Crippen MR) is 110 cm³/mol. The molecule has 0 radical (unpaired) electrons. The molecule has 0 aliphatic heterocycles. The Morgan fingerprint density at radius 2 is 1.82 bits per heavy atom. The minimum atomic E-state index is -0.345. The smallest absolute Gasteiger partial charge is 0.277 e. The van der Waals surface area contributed by atoms with Crippen LogP contribution in [0.25, 0.3) is 5.52 Å². The fourth-order valence-corrected chi connectivity index (χ4v) is 3.53. The Hall–Kier alpha value is -3.12. The highest BCUT2D eigenvalue weighted by Crippen LogP contribution is 2.25. The Morgan fingerprint density at radius 3 is 2.57 bits per heavy atom. The molecule has 0 bridgehead atoms. The number of nitrogens with one attached hydrogen (secondary N) is 1. The van der Waals surface area contributed by atoms with Gasteiger partial charge in [-0.25, -0.2) is 4.52 Å². The molecule has 0 aliphatic carbocycles. The standard InChI is InChI=1S/C21H20ClN5O/c1-14-19(15(2)26(24-14)13-11-16-8-4-3-5-9-16)23-21(28)20-18(22)17-10-6-7-12-27(17)25-20/h3-10,12H,11,13H2,1-2H3,(H,23,28). The Kier molecular flexibility index (Phi) is 4.88. The summed E-state index contributed by atoms with van der Waals surface area (Å²) in [7, 11) is 0. The number of carbonyl (C=O) groups is 1. The summed E-state index contributed by atoms with van der Waals surface area (Å²) < 4.78 is 3.52. The Balaban J connectivity index is 1.55. The van der Waals surface area contributed by atoms with Crippen molar-refractivity contribution in [2.45, 2.75) is 26.8 Å². The molecule has 4 rings (SSSR count). The average Bonchev–Trinajstić information content (AvgIpc) is 3.19.